The zero-order chi connectivity index (χ0) is 36.8. The van der Waals surface area contributed by atoms with Crippen molar-refractivity contribution in [3.05, 3.63) is 162 Å². The number of nitriles is 1. The number of benzene rings is 7. The smallest absolute Gasteiger partial charge is 0.238 e. The molecule has 0 unspecified atom stereocenters. The average molecular weight is 723 g/mol. The van der Waals surface area contributed by atoms with E-state index in [2.05, 4.69) is 126 Å². The number of fused-ring (bicyclic) bond motifs is 10. The van der Waals surface area contributed by atoms with Crippen LogP contribution in [0.25, 0.3) is 98.2 Å². The molecule has 0 aliphatic heterocycles. The molecule has 0 saturated heterocycles. The summed E-state index contributed by atoms with van der Waals surface area (Å²) in [7, 11) is 0. The molecule has 0 aliphatic carbocycles. The van der Waals surface area contributed by atoms with Crippen LogP contribution in [-0.4, -0.2) is 24.1 Å². The molecule has 6 nitrogen and oxygen atoms in total. The van der Waals surface area contributed by atoms with Gasteiger partial charge in [-0.1, -0.05) is 96.1 Å². The molecule has 4 heterocycles. The fourth-order valence-electron chi connectivity index (χ4n) is 8.23. The van der Waals surface area contributed by atoms with Crippen LogP contribution in [0.1, 0.15) is 16.7 Å². The molecule has 0 saturated carbocycles. The Bertz CT molecular complexity index is 3360. The summed E-state index contributed by atoms with van der Waals surface area (Å²) in [6.45, 7) is 4.24. The van der Waals surface area contributed by atoms with Crippen LogP contribution in [0.2, 0.25) is 0 Å². The molecule has 0 aliphatic rings. The number of nitrogens with zero attached hydrogens (tertiary/aromatic N) is 6. The first-order valence-corrected chi connectivity index (χ1v) is 19.1. The number of thiophene rings is 1. The Hall–Kier alpha value is -7.14. The summed E-state index contributed by atoms with van der Waals surface area (Å²) in [5.41, 5.74) is 9.50. The minimum atomic E-state index is 0.496. The van der Waals surface area contributed by atoms with Gasteiger partial charge in [-0.15, -0.1) is 11.3 Å². The van der Waals surface area contributed by atoms with Crippen molar-refractivity contribution < 1.29 is 0 Å². The Morgan fingerprint density at radius 2 is 1.15 bits per heavy atom. The maximum atomic E-state index is 10.8. The lowest BCUT2D eigenvalue weighted by Crippen LogP contribution is -2.07. The van der Waals surface area contributed by atoms with Gasteiger partial charge in [0.15, 0.2) is 11.6 Å². The third-order valence-corrected chi connectivity index (χ3v) is 11.9. The first-order valence-electron chi connectivity index (χ1n) is 18.3. The number of para-hydroxylation sites is 1. The fourth-order valence-corrected chi connectivity index (χ4v) is 9.49. The van der Waals surface area contributed by atoms with Crippen molar-refractivity contribution in [2.24, 2.45) is 0 Å². The predicted molar refractivity (Wildman–Crippen MR) is 226 cm³/mol. The highest BCUT2D eigenvalue weighted by Gasteiger charge is 2.22. The first kappa shape index (κ1) is 31.4. The molecule has 0 radical (unpaired) electrons. The highest BCUT2D eigenvalue weighted by molar-refractivity contribution is 7.26. The lowest BCUT2D eigenvalue weighted by atomic mass is 10.1. The third-order valence-electron chi connectivity index (χ3n) is 10.7. The molecule has 258 valence electrons. The molecular weight excluding hydrogens is 693 g/mol. The quantitative estimate of drug-likeness (QED) is 0.181. The second-order valence-electron chi connectivity index (χ2n) is 14.2. The summed E-state index contributed by atoms with van der Waals surface area (Å²) in [6.07, 6.45) is 0. The van der Waals surface area contributed by atoms with Crippen molar-refractivity contribution in [2.45, 2.75) is 13.8 Å². The molecule has 7 aromatic carbocycles. The van der Waals surface area contributed by atoms with Crippen LogP contribution in [-0.2, 0) is 0 Å². The van der Waals surface area contributed by atoms with Crippen LogP contribution in [0, 0.1) is 25.2 Å². The van der Waals surface area contributed by atoms with Gasteiger partial charge in [0.25, 0.3) is 0 Å². The summed E-state index contributed by atoms with van der Waals surface area (Å²) in [6, 6.07) is 53.0. The number of aromatic nitrogens is 5. The summed E-state index contributed by atoms with van der Waals surface area (Å²) >= 11 is 1.82. The summed E-state index contributed by atoms with van der Waals surface area (Å²) in [5.74, 6) is 1.58. The van der Waals surface area contributed by atoms with E-state index in [0.717, 1.165) is 55.0 Å². The number of hydrogen-bond acceptors (Lipinski definition) is 5. The molecule has 0 amide bonds. The van der Waals surface area contributed by atoms with Gasteiger partial charge in [-0.05, 0) is 74.5 Å². The van der Waals surface area contributed by atoms with Crippen molar-refractivity contribution in [3.8, 4) is 40.5 Å². The largest absolute Gasteiger partial charge is 0.308 e. The van der Waals surface area contributed by atoms with E-state index >= 15 is 0 Å². The van der Waals surface area contributed by atoms with Gasteiger partial charge < -0.3 is 4.57 Å². The van der Waals surface area contributed by atoms with E-state index in [1.807, 2.05) is 59.9 Å². The van der Waals surface area contributed by atoms with E-state index < -0.39 is 0 Å². The van der Waals surface area contributed by atoms with Gasteiger partial charge >= 0.3 is 0 Å². The van der Waals surface area contributed by atoms with E-state index in [4.69, 9.17) is 15.0 Å². The van der Waals surface area contributed by atoms with Gasteiger partial charge in [-0.3, -0.25) is 4.57 Å². The van der Waals surface area contributed by atoms with E-state index in [9.17, 15) is 5.26 Å². The highest BCUT2D eigenvalue weighted by atomic mass is 32.1. The molecule has 11 rings (SSSR count). The van der Waals surface area contributed by atoms with Crippen LogP contribution in [0.3, 0.4) is 0 Å². The summed E-state index contributed by atoms with van der Waals surface area (Å²) < 4.78 is 6.88. The second-order valence-corrected chi connectivity index (χ2v) is 15.2. The normalized spacial score (nSPS) is 11.8. The maximum Gasteiger partial charge on any atom is 0.238 e. The zero-order valence-electron chi connectivity index (χ0n) is 29.9. The van der Waals surface area contributed by atoms with Crippen molar-refractivity contribution in [2.75, 3.05) is 0 Å². The summed E-state index contributed by atoms with van der Waals surface area (Å²) in [4.78, 5) is 15.3. The molecule has 0 atom stereocenters. The monoisotopic (exact) mass is 722 g/mol. The Labute approximate surface area is 319 Å². The Morgan fingerprint density at radius 3 is 1.89 bits per heavy atom. The van der Waals surface area contributed by atoms with E-state index in [1.54, 1.807) is 0 Å². The topological polar surface area (TPSA) is 72.3 Å². The van der Waals surface area contributed by atoms with Crippen LogP contribution >= 0.6 is 11.3 Å². The molecule has 11 aromatic rings. The molecule has 4 aromatic heterocycles. The first-order chi connectivity index (χ1) is 27.0. The van der Waals surface area contributed by atoms with Crippen molar-refractivity contribution in [3.63, 3.8) is 0 Å². The maximum absolute atomic E-state index is 10.8. The van der Waals surface area contributed by atoms with Gasteiger partial charge in [0.05, 0.1) is 33.3 Å². The molecule has 0 bridgehead atoms. The number of rotatable bonds is 4. The van der Waals surface area contributed by atoms with Gasteiger partial charge in [0.1, 0.15) is 6.07 Å². The van der Waals surface area contributed by atoms with Gasteiger partial charge in [0.2, 0.25) is 5.95 Å². The highest BCUT2D eigenvalue weighted by Crippen LogP contribution is 2.44. The number of hydrogen-bond donors (Lipinski definition) is 0. The standard InChI is InChI=1S/C48H30N6S/c1-28-16-20-40-36(24-28)37-25-29(2)17-21-41(37)54(40)48-51-46(30-10-4-3-5-11-30)50-47(52-48)31-18-22-38(32(26-31)27-49)53-39-14-8-6-13-35(39)44-42(53)23-19-34-33-12-7-9-15-43(33)55-45(34)44/h3-26H,1-2H3. The predicted octanol–water partition coefficient (Wildman–Crippen LogP) is 12.3. The van der Waals surface area contributed by atoms with E-state index in [1.165, 1.54) is 36.7 Å². The molecular formula is C48H30N6S. The molecule has 0 spiro atoms. The van der Waals surface area contributed by atoms with E-state index in [-0.39, 0.29) is 0 Å². The van der Waals surface area contributed by atoms with Crippen LogP contribution < -0.4 is 0 Å². The lowest BCUT2D eigenvalue weighted by Gasteiger charge is -2.13. The van der Waals surface area contributed by atoms with Crippen molar-refractivity contribution in [1.82, 2.24) is 24.1 Å². The Balaban J connectivity index is 1.14. The number of aryl methyl sites for hydroxylation is 2. The molecule has 0 N–H and O–H groups in total. The fraction of sp³-hybridized carbons (Fsp3) is 0.0417. The Morgan fingerprint density at radius 1 is 0.509 bits per heavy atom. The minimum absolute atomic E-state index is 0.496. The molecule has 55 heavy (non-hydrogen) atoms. The van der Waals surface area contributed by atoms with Crippen molar-refractivity contribution >= 4 is 75.1 Å². The minimum Gasteiger partial charge on any atom is -0.308 e. The van der Waals surface area contributed by atoms with Crippen LogP contribution in [0.5, 0.6) is 0 Å². The second kappa shape index (κ2) is 11.9. The molecule has 7 heteroatoms. The van der Waals surface area contributed by atoms with Gasteiger partial charge in [0, 0.05) is 52.8 Å². The van der Waals surface area contributed by atoms with Crippen LogP contribution in [0.15, 0.2) is 146 Å². The van der Waals surface area contributed by atoms with Gasteiger partial charge in [-0.25, -0.2) is 4.98 Å². The third kappa shape index (κ3) is 4.75. The van der Waals surface area contributed by atoms with Crippen LogP contribution in [0.4, 0.5) is 0 Å². The van der Waals surface area contributed by atoms with Crippen molar-refractivity contribution in [1.29, 1.82) is 5.26 Å². The Kier molecular flexibility index (Phi) is 6.81. The summed E-state index contributed by atoms with van der Waals surface area (Å²) in [5, 5.41) is 18.0. The average Bonchev–Trinajstić information content (AvgIpc) is 3.88. The lowest BCUT2D eigenvalue weighted by molar-refractivity contribution is 0.953. The van der Waals surface area contributed by atoms with E-state index in [0.29, 0.717) is 23.2 Å². The molecule has 0 fully saturated rings. The van der Waals surface area contributed by atoms with Gasteiger partial charge in [-0.2, -0.15) is 15.2 Å². The zero-order valence-corrected chi connectivity index (χ0v) is 30.8. The SMILES string of the molecule is Cc1ccc2c(c1)c1cc(C)ccc1n2-c1nc(-c2ccccc2)nc(-c2ccc(-n3c4ccccc4c4c5sc6ccccc6c5ccc43)c(C#N)c2)n1.